The zero-order valence-electron chi connectivity index (χ0n) is 12.7. The first-order valence-corrected chi connectivity index (χ1v) is 9.27. The van der Waals surface area contributed by atoms with Gasteiger partial charge in [-0.15, -0.1) is 0 Å². The van der Waals surface area contributed by atoms with Crippen LogP contribution in [-0.4, -0.2) is 38.9 Å². The van der Waals surface area contributed by atoms with Crippen molar-refractivity contribution in [3.05, 3.63) is 29.8 Å². The first kappa shape index (κ1) is 15.0. The Bertz CT molecular complexity index is 585. The van der Waals surface area contributed by atoms with E-state index in [0.717, 1.165) is 19.5 Å². The number of nitrogens with zero attached hydrogens (tertiary/aromatic N) is 1. The molecule has 116 valence electrons. The lowest BCUT2D eigenvalue weighted by Gasteiger charge is -2.18. The van der Waals surface area contributed by atoms with Crippen LogP contribution in [0.2, 0.25) is 0 Å². The zero-order valence-corrected chi connectivity index (χ0v) is 13.6. The van der Waals surface area contributed by atoms with Gasteiger partial charge in [0.05, 0.1) is 4.90 Å². The van der Waals surface area contributed by atoms with E-state index in [1.807, 2.05) is 12.1 Å². The molecule has 1 unspecified atom stereocenters. The maximum atomic E-state index is 12.7. The van der Waals surface area contributed by atoms with Crippen molar-refractivity contribution >= 4 is 10.0 Å². The van der Waals surface area contributed by atoms with Crippen molar-refractivity contribution in [2.24, 2.45) is 11.8 Å². The summed E-state index contributed by atoms with van der Waals surface area (Å²) in [6, 6.07) is 7.45. The number of benzene rings is 1. The number of rotatable bonds is 4. The molecule has 0 amide bonds. The van der Waals surface area contributed by atoms with Gasteiger partial charge in [-0.25, -0.2) is 8.42 Å². The fraction of sp³-hybridized carbons (Fsp3) is 0.625. The molecule has 3 rings (SSSR count). The molecule has 2 heterocycles. The fourth-order valence-corrected chi connectivity index (χ4v) is 4.92. The van der Waals surface area contributed by atoms with Crippen molar-refractivity contribution in [2.45, 2.75) is 31.1 Å². The van der Waals surface area contributed by atoms with Crippen molar-refractivity contribution in [1.82, 2.24) is 9.62 Å². The van der Waals surface area contributed by atoms with E-state index in [9.17, 15) is 8.42 Å². The Kier molecular flexibility index (Phi) is 4.08. The van der Waals surface area contributed by atoms with E-state index in [0.29, 0.717) is 35.7 Å². The second kappa shape index (κ2) is 5.71. The Morgan fingerprint density at radius 2 is 1.76 bits per heavy atom. The number of sulfonamides is 1. The molecule has 2 aliphatic heterocycles. The molecule has 5 heteroatoms. The Labute approximate surface area is 127 Å². The van der Waals surface area contributed by atoms with Gasteiger partial charge in [0.1, 0.15) is 0 Å². The van der Waals surface area contributed by atoms with Gasteiger partial charge in [-0.1, -0.05) is 26.0 Å². The van der Waals surface area contributed by atoms with Crippen LogP contribution in [0.3, 0.4) is 0 Å². The zero-order chi connectivity index (χ0) is 15.0. The molecule has 2 aliphatic rings. The maximum Gasteiger partial charge on any atom is 0.243 e. The van der Waals surface area contributed by atoms with Crippen LogP contribution in [-0.2, 0) is 10.0 Å². The van der Waals surface area contributed by atoms with Gasteiger partial charge >= 0.3 is 0 Å². The SMILES string of the molecule is CCC(C)c1ccc(S(=O)(=O)N2C[C@H]3CNC[C@H]3C2)cc1. The number of fused-ring (bicyclic) bond motifs is 1. The molecule has 0 bridgehead atoms. The number of hydrogen-bond donors (Lipinski definition) is 1. The van der Waals surface area contributed by atoms with Gasteiger partial charge in [0.2, 0.25) is 10.0 Å². The van der Waals surface area contributed by atoms with E-state index in [1.54, 1.807) is 16.4 Å². The van der Waals surface area contributed by atoms with E-state index in [-0.39, 0.29) is 0 Å². The lowest BCUT2D eigenvalue weighted by atomic mass is 9.99. The second-order valence-electron chi connectivity index (χ2n) is 6.38. The molecule has 3 atom stereocenters. The van der Waals surface area contributed by atoms with Crippen molar-refractivity contribution in [2.75, 3.05) is 26.2 Å². The van der Waals surface area contributed by atoms with Gasteiger partial charge < -0.3 is 5.32 Å². The van der Waals surface area contributed by atoms with Gasteiger partial charge in [0, 0.05) is 13.1 Å². The lowest BCUT2D eigenvalue weighted by molar-refractivity contribution is 0.448. The topological polar surface area (TPSA) is 49.4 Å². The van der Waals surface area contributed by atoms with E-state index in [1.165, 1.54) is 5.56 Å². The Morgan fingerprint density at radius 3 is 2.29 bits per heavy atom. The van der Waals surface area contributed by atoms with Crippen molar-refractivity contribution < 1.29 is 8.42 Å². The summed E-state index contributed by atoms with van der Waals surface area (Å²) in [4.78, 5) is 0.433. The highest BCUT2D eigenvalue weighted by Gasteiger charge is 2.41. The summed E-state index contributed by atoms with van der Waals surface area (Å²) in [6.45, 7) is 7.53. The molecule has 1 aromatic rings. The third-order valence-electron chi connectivity index (χ3n) is 5.06. The maximum absolute atomic E-state index is 12.7. The molecule has 1 N–H and O–H groups in total. The standard InChI is InChI=1S/C16H24N2O2S/c1-3-12(2)13-4-6-16(7-5-13)21(19,20)18-10-14-8-17-9-15(14)11-18/h4-7,12,14-15,17H,3,8-11H2,1-2H3/t12?,14-,15+. The first-order valence-electron chi connectivity index (χ1n) is 7.83. The van der Waals surface area contributed by atoms with Crippen LogP contribution in [0.15, 0.2) is 29.2 Å². The molecule has 2 saturated heterocycles. The van der Waals surface area contributed by atoms with Crippen molar-refractivity contribution in [3.63, 3.8) is 0 Å². The predicted octanol–water partition coefficient (Wildman–Crippen LogP) is 2.04. The van der Waals surface area contributed by atoms with Crippen molar-refractivity contribution in [3.8, 4) is 0 Å². The van der Waals surface area contributed by atoms with Gasteiger partial charge in [-0.2, -0.15) is 4.31 Å². The molecule has 2 fully saturated rings. The summed E-state index contributed by atoms with van der Waals surface area (Å²) < 4.78 is 27.1. The Balaban J connectivity index is 1.79. The molecule has 4 nitrogen and oxygen atoms in total. The average Bonchev–Trinajstić information content (AvgIpc) is 3.08. The molecule has 0 aromatic heterocycles. The highest BCUT2D eigenvalue weighted by atomic mass is 32.2. The molecule has 21 heavy (non-hydrogen) atoms. The van der Waals surface area contributed by atoms with Crippen LogP contribution in [0.5, 0.6) is 0 Å². The number of nitrogens with one attached hydrogen (secondary N) is 1. The van der Waals surface area contributed by atoms with Gasteiger partial charge in [-0.05, 0) is 55.0 Å². The highest BCUT2D eigenvalue weighted by Crippen LogP contribution is 2.31. The van der Waals surface area contributed by atoms with Crippen molar-refractivity contribution in [1.29, 1.82) is 0 Å². The summed E-state index contributed by atoms with van der Waals surface area (Å²) in [5.41, 5.74) is 1.21. The van der Waals surface area contributed by atoms with Gasteiger partial charge in [0.15, 0.2) is 0 Å². The normalized spacial score (nSPS) is 27.7. The third kappa shape index (κ3) is 2.74. The quantitative estimate of drug-likeness (QED) is 0.926. The summed E-state index contributed by atoms with van der Waals surface area (Å²) in [5, 5.41) is 3.34. The lowest BCUT2D eigenvalue weighted by Crippen LogP contribution is -2.31. The molecule has 1 aromatic carbocycles. The monoisotopic (exact) mass is 308 g/mol. The summed E-state index contributed by atoms with van der Waals surface area (Å²) >= 11 is 0. The van der Waals surface area contributed by atoms with Crippen LogP contribution in [0, 0.1) is 11.8 Å². The third-order valence-corrected chi connectivity index (χ3v) is 6.90. The highest BCUT2D eigenvalue weighted by molar-refractivity contribution is 7.89. The van der Waals surface area contributed by atoms with Crippen LogP contribution < -0.4 is 5.32 Å². The minimum atomic E-state index is -3.32. The molecule has 0 radical (unpaired) electrons. The van der Waals surface area contributed by atoms with Crippen LogP contribution in [0.25, 0.3) is 0 Å². The van der Waals surface area contributed by atoms with E-state index in [2.05, 4.69) is 19.2 Å². The summed E-state index contributed by atoms with van der Waals surface area (Å²) in [6.07, 6.45) is 1.06. The van der Waals surface area contributed by atoms with E-state index < -0.39 is 10.0 Å². The first-order chi connectivity index (χ1) is 10.0. The molecular weight excluding hydrogens is 284 g/mol. The fourth-order valence-electron chi connectivity index (χ4n) is 3.36. The predicted molar refractivity (Wildman–Crippen MR) is 83.8 cm³/mol. The van der Waals surface area contributed by atoms with E-state index >= 15 is 0 Å². The largest absolute Gasteiger partial charge is 0.316 e. The van der Waals surface area contributed by atoms with Gasteiger partial charge in [-0.3, -0.25) is 0 Å². The van der Waals surface area contributed by atoms with Crippen LogP contribution in [0.4, 0.5) is 0 Å². The summed E-state index contributed by atoms with van der Waals surface area (Å²) in [5.74, 6) is 1.44. The van der Waals surface area contributed by atoms with Gasteiger partial charge in [0.25, 0.3) is 0 Å². The minimum absolute atomic E-state index is 0.433. The average molecular weight is 308 g/mol. The smallest absolute Gasteiger partial charge is 0.243 e. The van der Waals surface area contributed by atoms with Crippen LogP contribution >= 0.6 is 0 Å². The molecule has 0 spiro atoms. The molecule has 0 saturated carbocycles. The second-order valence-corrected chi connectivity index (χ2v) is 8.32. The van der Waals surface area contributed by atoms with Crippen LogP contribution in [0.1, 0.15) is 31.7 Å². The Morgan fingerprint density at radius 1 is 1.19 bits per heavy atom. The molecular formula is C16H24N2O2S. The Hall–Kier alpha value is -0.910. The number of hydrogen-bond acceptors (Lipinski definition) is 3. The summed E-state index contributed by atoms with van der Waals surface area (Å²) in [7, 11) is -3.32. The molecule has 0 aliphatic carbocycles. The van der Waals surface area contributed by atoms with E-state index in [4.69, 9.17) is 0 Å². The minimum Gasteiger partial charge on any atom is -0.316 e.